The SMILES string of the molecule is Cn1c(=O)[nH]c(=O)c2c1n1c(-c3ccc(Br)cc3)nnc1n2Cc1ccccc1F. The molecule has 3 aromatic heterocycles. The molecule has 10 heteroatoms. The number of nitrogens with one attached hydrogen (secondary N) is 1. The molecule has 0 unspecified atom stereocenters. The van der Waals surface area contributed by atoms with Gasteiger partial charge >= 0.3 is 5.69 Å². The highest BCUT2D eigenvalue weighted by atomic mass is 79.9. The third-order valence-corrected chi connectivity index (χ3v) is 5.56. The summed E-state index contributed by atoms with van der Waals surface area (Å²) < 4.78 is 19.8. The van der Waals surface area contributed by atoms with Crippen LogP contribution < -0.4 is 11.2 Å². The predicted octanol–water partition coefficient (Wildman–Crippen LogP) is 2.69. The third-order valence-electron chi connectivity index (χ3n) is 5.03. The zero-order valence-electron chi connectivity index (χ0n) is 15.6. The van der Waals surface area contributed by atoms with E-state index in [-0.39, 0.29) is 12.1 Å². The van der Waals surface area contributed by atoms with Gasteiger partial charge in [-0.15, -0.1) is 10.2 Å². The van der Waals surface area contributed by atoms with E-state index in [0.717, 1.165) is 10.0 Å². The number of H-pyrrole nitrogens is 1. The van der Waals surface area contributed by atoms with Crippen LogP contribution in [0.15, 0.2) is 62.6 Å². The van der Waals surface area contributed by atoms with Gasteiger partial charge in [0, 0.05) is 22.6 Å². The summed E-state index contributed by atoms with van der Waals surface area (Å²) >= 11 is 3.40. The molecule has 0 radical (unpaired) electrons. The van der Waals surface area contributed by atoms with Crippen molar-refractivity contribution in [1.82, 2.24) is 28.7 Å². The summed E-state index contributed by atoms with van der Waals surface area (Å²) in [7, 11) is 1.55. The van der Waals surface area contributed by atoms with Crippen LogP contribution in [0.5, 0.6) is 0 Å². The highest BCUT2D eigenvalue weighted by Gasteiger charge is 2.23. The molecule has 2 aromatic carbocycles. The molecule has 0 atom stereocenters. The van der Waals surface area contributed by atoms with E-state index in [1.807, 2.05) is 24.3 Å². The Morgan fingerprint density at radius 1 is 1.07 bits per heavy atom. The lowest BCUT2D eigenvalue weighted by molar-refractivity contribution is 0.602. The lowest BCUT2D eigenvalue weighted by atomic mass is 10.2. The molecule has 0 amide bonds. The average molecular weight is 469 g/mol. The monoisotopic (exact) mass is 468 g/mol. The Bertz CT molecular complexity index is 1540. The van der Waals surface area contributed by atoms with Crippen molar-refractivity contribution in [2.75, 3.05) is 0 Å². The Morgan fingerprint density at radius 3 is 2.53 bits per heavy atom. The number of aromatic nitrogens is 6. The maximum atomic E-state index is 14.3. The van der Waals surface area contributed by atoms with Crippen LogP contribution in [0, 0.1) is 5.82 Å². The van der Waals surface area contributed by atoms with Crippen molar-refractivity contribution in [2.45, 2.75) is 6.54 Å². The highest BCUT2D eigenvalue weighted by molar-refractivity contribution is 9.10. The Morgan fingerprint density at radius 2 is 1.80 bits per heavy atom. The minimum Gasteiger partial charge on any atom is -0.298 e. The second-order valence-electron chi connectivity index (χ2n) is 6.83. The van der Waals surface area contributed by atoms with Gasteiger partial charge in [-0.1, -0.05) is 46.3 Å². The molecule has 0 aliphatic carbocycles. The molecule has 30 heavy (non-hydrogen) atoms. The van der Waals surface area contributed by atoms with Gasteiger partial charge in [0.1, 0.15) is 5.82 Å². The Kier molecular flexibility index (Phi) is 4.17. The van der Waals surface area contributed by atoms with Crippen molar-refractivity contribution >= 4 is 32.9 Å². The highest BCUT2D eigenvalue weighted by Crippen LogP contribution is 2.26. The molecular formula is C20H14BrFN6O2. The van der Waals surface area contributed by atoms with E-state index in [9.17, 15) is 14.0 Å². The summed E-state index contributed by atoms with van der Waals surface area (Å²) in [6, 6.07) is 13.7. The lowest BCUT2D eigenvalue weighted by Crippen LogP contribution is -2.29. The summed E-state index contributed by atoms with van der Waals surface area (Å²) in [6.45, 7) is 0.0550. The molecule has 5 rings (SSSR count). The molecular weight excluding hydrogens is 455 g/mol. The molecule has 0 saturated carbocycles. The van der Waals surface area contributed by atoms with Gasteiger partial charge in [0.15, 0.2) is 17.0 Å². The van der Waals surface area contributed by atoms with Gasteiger partial charge in [-0.3, -0.25) is 18.9 Å². The van der Waals surface area contributed by atoms with E-state index in [1.165, 1.54) is 10.6 Å². The molecule has 0 bridgehead atoms. The minimum atomic E-state index is -0.573. The Labute approximate surface area is 176 Å². The first kappa shape index (κ1) is 18.5. The maximum Gasteiger partial charge on any atom is 0.329 e. The van der Waals surface area contributed by atoms with Crippen molar-refractivity contribution in [3.05, 3.63) is 85.2 Å². The van der Waals surface area contributed by atoms with Crippen LogP contribution in [0.2, 0.25) is 0 Å². The number of imidazole rings is 1. The van der Waals surface area contributed by atoms with E-state index >= 15 is 0 Å². The summed E-state index contributed by atoms with van der Waals surface area (Å²) in [6.07, 6.45) is 0. The number of hydrogen-bond acceptors (Lipinski definition) is 4. The number of hydrogen-bond donors (Lipinski definition) is 1. The summed E-state index contributed by atoms with van der Waals surface area (Å²) in [5, 5.41) is 8.55. The standard InChI is InChI=1S/C20H14BrFN6O2/c1-26-18-15(17(29)23-20(26)30)27(10-12-4-2-3-5-14(12)22)19-25-24-16(28(18)19)11-6-8-13(21)9-7-11/h2-9H,10H2,1H3,(H,23,29,30). The van der Waals surface area contributed by atoms with Crippen LogP contribution in [0.3, 0.4) is 0 Å². The summed E-state index contributed by atoms with van der Waals surface area (Å²) in [5.74, 6) is 0.402. The fourth-order valence-electron chi connectivity index (χ4n) is 3.57. The first-order valence-corrected chi connectivity index (χ1v) is 9.81. The molecule has 5 aromatic rings. The number of benzene rings is 2. The van der Waals surface area contributed by atoms with E-state index < -0.39 is 17.1 Å². The van der Waals surface area contributed by atoms with Gasteiger partial charge in [-0.05, 0) is 18.2 Å². The number of halogens is 2. The topological polar surface area (TPSA) is 90.0 Å². The van der Waals surface area contributed by atoms with Crippen LogP contribution in [-0.4, -0.2) is 28.7 Å². The fourth-order valence-corrected chi connectivity index (χ4v) is 3.84. The quantitative estimate of drug-likeness (QED) is 0.440. The van der Waals surface area contributed by atoms with Crippen molar-refractivity contribution in [1.29, 1.82) is 0 Å². The van der Waals surface area contributed by atoms with Crippen molar-refractivity contribution < 1.29 is 4.39 Å². The zero-order valence-corrected chi connectivity index (χ0v) is 17.2. The van der Waals surface area contributed by atoms with E-state index in [0.29, 0.717) is 22.8 Å². The maximum absolute atomic E-state index is 14.3. The van der Waals surface area contributed by atoms with E-state index in [2.05, 4.69) is 31.1 Å². The second-order valence-corrected chi connectivity index (χ2v) is 7.75. The van der Waals surface area contributed by atoms with Crippen LogP contribution in [-0.2, 0) is 13.6 Å². The number of aromatic amines is 1. The molecule has 3 heterocycles. The zero-order chi connectivity index (χ0) is 21.0. The number of rotatable bonds is 3. The summed E-state index contributed by atoms with van der Waals surface area (Å²) in [4.78, 5) is 27.4. The third kappa shape index (κ3) is 2.71. The average Bonchev–Trinajstić information content (AvgIpc) is 3.28. The van der Waals surface area contributed by atoms with Gasteiger partial charge in [-0.2, -0.15) is 0 Å². The largest absolute Gasteiger partial charge is 0.329 e. The van der Waals surface area contributed by atoms with Gasteiger partial charge in [0.25, 0.3) is 5.56 Å². The van der Waals surface area contributed by atoms with E-state index in [4.69, 9.17) is 0 Å². The second kappa shape index (κ2) is 6.77. The predicted molar refractivity (Wildman–Crippen MR) is 113 cm³/mol. The Hall–Kier alpha value is -3.53. The normalized spacial score (nSPS) is 11.6. The van der Waals surface area contributed by atoms with Gasteiger partial charge in [0.05, 0.1) is 6.54 Å². The summed E-state index contributed by atoms with van der Waals surface area (Å²) in [5.41, 5.74) is 0.549. The van der Waals surface area contributed by atoms with Gasteiger partial charge < -0.3 is 0 Å². The number of nitrogens with zero attached hydrogens (tertiary/aromatic N) is 5. The lowest BCUT2D eigenvalue weighted by Gasteiger charge is -2.06. The van der Waals surface area contributed by atoms with Gasteiger partial charge in [0.2, 0.25) is 5.78 Å². The Balaban J connectivity index is 1.89. The molecule has 8 nitrogen and oxygen atoms in total. The first-order chi connectivity index (χ1) is 14.5. The van der Waals surface area contributed by atoms with Crippen LogP contribution >= 0.6 is 15.9 Å². The molecule has 1 N–H and O–H groups in total. The molecule has 150 valence electrons. The van der Waals surface area contributed by atoms with Crippen molar-refractivity contribution in [3.8, 4) is 11.4 Å². The number of fused-ring (bicyclic) bond motifs is 3. The molecule has 0 aliphatic heterocycles. The van der Waals surface area contributed by atoms with Crippen molar-refractivity contribution in [2.24, 2.45) is 7.05 Å². The minimum absolute atomic E-state index is 0.0550. The molecule has 0 aliphatic rings. The van der Waals surface area contributed by atoms with Gasteiger partial charge in [-0.25, -0.2) is 13.6 Å². The molecule has 0 saturated heterocycles. The molecule has 0 fully saturated rings. The smallest absolute Gasteiger partial charge is 0.298 e. The van der Waals surface area contributed by atoms with Crippen LogP contribution in [0.4, 0.5) is 4.39 Å². The number of aryl methyl sites for hydroxylation is 1. The fraction of sp³-hybridized carbons (Fsp3) is 0.100. The first-order valence-electron chi connectivity index (χ1n) is 9.01. The van der Waals surface area contributed by atoms with Crippen LogP contribution in [0.25, 0.3) is 28.3 Å². The molecule has 0 spiro atoms. The van der Waals surface area contributed by atoms with Crippen LogP contribution in [0.1, 0.15) is 5.56 Å². The van der Waals surface area contributed by atoms with E-state index in [1.54, 1.807) is 34.2 Å². The van der Waals surface area contributed by atoms with Crippen molar-refractivity contribution in [3.63, 3.8) is 0 Å².